The lowest BCUT2D eigenvalue weighted by Gasteiger charge is -2.09. The average molecular weight is 300 g/mol. The van der Waals surface area contributed by atoms with Crippen molar-refractivity contribution >= 4 is 5.78 Å². The highest BCUT2D eigenvalue weighted by Crippen LogP contribution is 2.29. The molecular weight excluding hydrogens is 281 g/mol. The number of ether oxygens (including phenoxy) is 1. The summed E-state index contributed by atoms with van der Waals surface area (Å²) >= 11 is 0. The van der Waals surface area contributed by atoms with Crippen LogP contribution in [0.4, 0.5) is 13.2 Å². The molecule has 0 amide bonds. The second-order valence-corrected chi connectivity index (χ2v) is 5.44. The Labute approximate surface area is 122 Å². The van der Waals surface area contributed by atoms with Gasteiger partial charge in [0, 0.05) is 19.4 Å². The van der Waals surface area contributed by atoms with Gasteiger partial charge in [0.15, 0.2) is 0 Å². The Morgan fingerprint density at radius 3 is 2.81 bits per heavy atom. The van der Waals surface area contributed by atoms with Crippen LogP contribution in [-0.4, -0.2) is 18.5 Å². The molecule has 1 aliphatic rings. The van der Waals surface area contributed by atoms with E-state index in [4.69, 9.17) is 4.74 Å². The Bertz CT molecular complexity index is 477. The van der Waals surface area contributed by atoms with Gasteiger partial charge in [0.2, 0.25) is 0 Å². The Balaban J connectivity index is 1.79. The van der Waals surface area contributed by atoms with Crippen molar-refractivity contribution in [3.63, 3.8) is 0 Å². The molecule has 1 atom stereocenters. The minimum Gasteiger partial charge on any atom is -0.378 e. The van der Waals surface area contributed by atoms with E-state index in [0.717, 1.165) is 44.4 Å². The van der Waals surface area contributed by atoms with Gasteiger partial charge in [-0.1, -0.05) is 18.2 Å². The number of carbonyl (C=O) groups excluding carboxylic acids is 1. The predicted octanol–water partition coefficient (Wildman–Crippen LogP) is 4.17. The quantitative estimate of drug-likeness (QED) is 0.788. The third-order valence-electron chi connectivity index (χ3n) is 3.66. The van der Waals surface area contributed by atoms with Crippen molar-refractivity contribution in [3.8, 4) is 0 Å². The molecule has 0 N–H and O–H groups in total. The molecular formula is C16H19F3O2. The van der Waals surface area contributed by atoms with Crippen LogP contribution in [0.15, 0.2) is 24.3 Å². The van der Waals surface area contributed by atoms with Crippen molar-refractivity contribution in [1.82, 2.24) is 0 Å². The van der Waals surface area contributed by atoms with Crippen molar-refractivity contribution < 1.29 is 22.7 Å². The minimum absolute atomic E-state index is 0.0210. The standard InChI is InChI=1S/C16H19F3O2/c17-16(18,19)13-5-1-4-12(10-13)11-14(20)6-2-7-15-8-3-9-21-15/h1,4-5,10,15H,2-3,6-9,11H2. The molecule has 2 rings (SSSR count). The molecule has 116 valence electrons. The lowest BCUT2D eigenvalue weighted by atomic mass is 10.0. The van der Waals surface area contributed by atoms with Crippen molar-refractivity contribution in [2.24, 2.45) is 0 Å². The molecule has 1 unspecified atom stereocenters. The molecule has 0 bridgehead atoms. The Hall–Kier alpha value is -1.36. The number of Topliss-reactive ketones (excluding diaryl/α,β-unsaturated/α-hetero) is 1. The number of hydrogen-bond donors (Lipinski definition) is 0. The van der Waals surface area contributed by atoms with E-state index in [1.54, 1.807) is 6.07 Å². The maximum absolute atomic E-state index is 12.6. The van der Waals surface area contributed by atoms with Crippen molar-refractivity contribution in [3.05, 3.63) is 35.4 Å². The van der Waals surface area contributed by atoms with E-state index in [0.29, 0.717) is 12.0 Å². The molecule has 1 aliphatic heterocycles. The first kappa shape index (κ1) is 16.0. The van der Waals surface area contributed by atoms with Crippen LogP contribution < -0.4 is 0 Å². The molecule has 2 nitrogen and oxygen atoms in total. The fraction of sp³-hybridized carbons (Fsp3) is 0.562. The van der Waals surface area contributed by atoms with Crippen molar-refractivity contribution in [2.45, 2.75) is 50.8 Å². The van der Waals surface area contributed by atoms with Crippen LogP contribution in [0, 0.1) is 0 Å². The molecule has 0 saturated carbocycles. The number of carbonyl (C=O) groups is 1. The topological polar surface area (TPSA) is 26.3 Å². The van der Waals surface area contributed by atoms with Crippen LogP contribution in [0.1, 0.15) is 43.2 Å². The van der Waals surface area contributed by atoms with Crippen LogP contribution in [-0.2, 0) is 22.1 Å². The van der Waals surface area contributed by atoms with Gasteiger partial charge in [0.05, 0.1) is 11.7 Å². The van der Waals surface area contributed by atoms with E-state index in [9.17, 15) is 18.0 Å². The summed E-state index contributed by atoms with van der Waals surface area (Å²) in [5.41, 5.74) is -0.279. The summed E-state index contributed by atoms with van der Waals surface area (Å²) in [5.74, 6) is -0.0210. The van der Waals surface area contributed by atoms with Crippen LogP contribution in [0.5, 0.6) is 0 Å². The molecule has 0 aromatic heterocycles. The maximum atomic E-state index is 12.6. The summed E-state index contributed by atoms with van der Waals surface area (Å²) in [6, 6.07) is 4.98. The lowest BCUT2D eigenvalue weighted by molar-refractivity contribution is -0.137. The van der Waals surface area contributed by atoms with E-state index < -0.39 is 11.7 Å². The molecule has 1 aromatic rings. The Morgan fingerprint density at radius 2 is 2.14 bits per heavy atom. The molecule has 0 radical (unpaired) electrons. The molecule has 0 aliphatic carbocycles. The van der Waals surface area contributed by atoms with E-state index in [-0.39, 0.29) is 18.3 Å². The van der Waals surface area contributed by atoms with Crippen LogP contribution in [0.3, 0.4) is 0 Å². The smallest absolute Gasteiger partial charge is 0.378 e. The second kappa shape index (κ2) is 7.07. The van der Waals surface area contributed by atoms with Gasteiger partial charge in [0.1, 0.15) is 5.78 Å². The number of alkyl halides is 3. The summed E-state index contributed by atoms with van der Waals surface area (Å²) in [4.78, 5) is 11.8. The van der Waals surface area contributed by atoms with Gasteiger partial charge in [-0.3, -0.25) is 4.79 Å². The first-order chi connectivity index (χ1) is 9.95. The van der Waals surface area contributed by atoms with Crippen LogP contribution in [0.25, 0.3) is 0 Å². The number of halogens is 3. The van der Waals surface area contributed by atoms with Gasteiger partial charge in [-0.2, -0.15) is 13.2 Å². The van der Waals surface area contributed by atoms with Crippen molar-refractivity contribution in [2.75, 3.05) is 6.61 Å². The fourth-order valence-electron chi connectivity index (χ4n) is 2.57. The summed E-state index contributed by atoms with van der Waals surface area (Å²) < 4.78 is 43.2. The van der Waals surface area contributed by atoms with Gasteiger partial charge in [0.25, 0.3) is 0 Å². The largest absolute Gasteiger partial charge is 0.416 e. The van der Waals surface area contributed by atoms with E-state index >= 15 is 0 Å². The maximum Gasteiger partial charge on any atom is 0.416 e. The molecule has 1 saturated heterocycles. The van der Waals surface area contributed by atoms with Gasteiger partial charge < -0.3 is 4.74 Å². The predicted molar refractivity (Wildman–Crippen MR) is 73.0 cm³/mol. The highest BCUT2D eigenvalue weighted by atomic mass is 19.4. The van der Waals surface area contributed by atoms with Crippen LogP contribution in [0.2, 0.25) is 0 Å². The van der Waals surface area contributed by atoms with E-state index in [1.807, 2.05) is 0 Å². The number of hydrogen-bond acceptors (Lipinski definition) is 2. The van der Waals surface area contributed by atoms with Gasteiger partial charge in [-0.15, -0.1) is 0 Å². The number of benzene rings is 1. The molecule has 1 heterocycles. The zero-order valence-electron chi connectivity index (χ0n) is 11.8. The third-order valence-corrected chi connectivity index (χ3v) is 3.66. The van der Waals surface area contributed by atoms with E-state index in [1.165, 1.54) is 6.07 Å². The molecule has 1 fully saturated rings. The highest BCUT2D eigenvalue weighted by molar-refractivity contribution is 5.80. The lowest BCUT2D eigenvalue weighted by Crippen LogP contribution is -2.09. The summed E-state index contributed by atoms with van der Waals surface area (Å²) in [6.07, 6.45) is 0.0673. The molecule has 0 spiro atoms. The zero-order chi connectivity index (χ0) is 15.3. The first-order valence-corrected chi connectivity index (χ1v) is 7.24. The third kappa shape index (κ3) is 5.16. The summed E-state index contributed by atoms with van der Waals surface area (Å²) in [5, 5.41) is 0. The van der Waals surface area contributed by atoms with Gasteiger partial charge >= 0.3 is 6.18 Å². The average Bonchev–Trinajstić information content (AvgIpc) is 2.91. The van der Waals surface area contributed by atoms with E-state index in [2.05, 4.69) is 0 Å². The molecule has 1 aromatic carbocycles. The number of rotatable bonds is 6. The second-order valence-electron chi connectivity index (χ2n) is 5.44. The first-order valence-electron chi connectivity index (χ1n) is 7.24. The monoisotopic (exact) mass is 300 g/mol. The normalized spacial score (nSPS) is 18.9. The Morgan fingerprint density at radius 1 is 1.33 bits per heavy atom. The van der Waals surface area contributed by atoms with Gasteiger partial charge in [-0.05, 0) is 37.3 Å². The summed E-state index contributed by atoms with van der Waals surface area (Å²) in [7, 11) is 0. The zero-order valence-corrected chi connectivity index (χ0v) is 11.8. The van der Waals surface area contributed by atoms with Gasteiger partial charge in [-0.25, -0.2) is 0 Å². The highest BCUT2D eigenvalue weighted by Gasteiger charge is 2.30. The van der Waals surface area contributed by atoms with Crippen LogP contribution >= 0.6 is 0 Å². The molecule has 5 heteroatoms. The minimum atomic E-state index is -4.36. The molecule has 21 heavy (non-hydrogen) atoms. The number of ketones is 1. The fourth-order valence-corrected chi connectivity index (χ4v) is 2.57. The Kier molecular flexibility index (Phi) is 5.39. The SMILES string of the molecule is O=C(CCCC1CCCO1)Cc1cccc(C(F)(F)F)c1. The van der Waals surface area contributed by atoms with Crippen molar-refractivity contribution in [1.29, 1.82) is 0 Å². The summed E-state index contributed by atoms with van der Waals surface area (Å²) in [6.45, 7) is 0.794.